The summed E-state index contributed by atoms with van der Waals surface area (Å²) in [4.78, 5) is 5.32. The number of aromatic hydroxyl groups is 1. The molecular weight excluding hydrogens is 289 g/mol. The minimum absolute atomic E-state index is 0.0715. The standard InChI is InChI=1S/C15H12FN3OS/c16-11-4-3-10(13(20)8-11)9-18-15-12(2-1-6-17-15)14-5-7-19-21-14/h1-8,20H,9H2,(H,17,18). The van der Waals surface area contributed by atoms with Gasteiger partial charge in [-0.25, -0.2) is 13.7 Å². The zero-order chi connectivity index (χ0) is 14.7. The summed E-state index contributed by atoms with van der Waals surface area (Å²) < 4.78 is 17.0. The van der Waals surface area contributed by atoms with Gasteiger partial charge in [-0.1, -0.05) is 6.07 Å². The van der Waals surface area contributed by atoms with Gasteiger partial charge in [-0.2, -0.15) is 0 Å². The average molecular weight is 301 g/mol. The Labute approximate surface area is 125 Å². The van der Waals surface area contributed by atoms with Crippen molar-refractivity contribution >= 4 is 17.4 Å². The Morgan fingerprint density at radius 3 is 2.86 bits per heavy atom. The van der Waals surface area contributed by atoms with Crippen molar-refractivity contribution in [1.29, 1.82) is 0 Å². The number of anilines is 1. The molecule has 0 aliphatic carbocycles. The van der Waals surface area contributed by atoms with Gasteiger partial charge >= 0.3 is 0 Å². The number of halogens is 1. The van der Waals surface area contributed by atoms with Crippen molar-refractivity contribution in [1.82, 2.24) is 9.36 Å². The van der Waals surface area contributed by atoms with E-state index in [1.807, 2.05) is 18.2 Å². The van der Waals surface area contributed by atoms with Crippen molar-refractivity contribution in [2.75, 3.05) is 5.32 Å². The highest BCUT2D eigenvalue weighted by Gasteiger charge is 2.09. The van der Waals surface area contributed by atoms with Crippen LogP contribution in [0.1, 0.15) is 5.56 Å². The Balaban J connectivity index is 1.83. The van der Waals surface area contributed by atoms with Gasteiger partial charge < -0.3 is 10.4 Å². The molecule has 21 heavy (non-hydrogen) atoms. The first-order valence-electron chi connectivity index (χ1n) is 6.31. The zero-order valence-corrected chi connectivity index (χ0v) is 11.8. The number of rotatable bonds is 4. The Morgan fingerprint density at radius 2 is 2.10 bits per heavy atom. The molecule has 3 aromatic rings. The smallest absolute Gasteiger partial charge is 0.134 e. The minimum Gasteiger partial charge on any atom is -0.507 e. The van der Waals surface area contributed by atoms with E-state index < -0.39 is 5.82 Å². The van der Waals surface area contributed by atoms with Crippen LogP contribution >= 0.6 is 11.5 Å². The molecule has 0 spiro atoms. The fourth-order valence-corrected chi connectivity index (χ4v) is 2.59. The maximum absolute atomic E-state index is 13.0. The third-order valence-electron chi connectivity index (χ3n) is 3.00. The quantitative estimate of drug-likeness (QED) is 0.772. The Morgan fingerprint density at radius 1 is 1.19 bits per heavy atom. The normalized spacial score (nSPS) is 10.5. The van der Waals surface area contributed by atoms with Crippen LogP contribution in [0.5, 0.6) is 5.75 Å². The van der Waals surface area contributed by atoms with Crippen molar-refractivity contribution in [2.24, 2.45) is 0 Å². The summed E-state index contributed by atoms with van der Waals surface area (Å²) >= 11 is 1.39. The SMILES string of the molecule is Oc1cc(F)ccc1CNc1ncccc1-c1ccns1. The van der Waals surface area contributed by atoms with E-state index in [9.17, 15) is 9.50 Å². The highest BCUT2D eigenvalue weighted by atomic mass is 32.1. The first kappa shape index (κ1) is 13.5. The van der Waals surface area contributed by atoms with E-state index in [1.54, 1.807) is 18.5 Å². The molecule has 0 atom stereocenters. The van der Waals surface area contributed by atoms with Gasteiger partial charge in [0.05, 0.1) is 4.88 Å². The van der Waals surface area contributed by atoms with Gasteiger partial charge in [0, 0.05) is 36.1 Å². The number of phenols is 1. The lowest BCUT2D eigenvalue weighted by atomic mass is 10.2. The van der Waals surface area contributed by atoms with Crippen molar-refractivity contribution in [3.05, 3.63) is 60.2 Å². The van der Waals surface area contributed by atoms with Crippen LogP contribution in [0, 0.1) is 5.82 Å². The number of benzene rings is 1. The van der Waals surface area contributed by atoms with Gasteiger partial charge in [-0.05, 0) is 35.8 Å². The van der Waals surface area contributed by atoms with Crippen LogP contribution in [0.4, 0.5) is 10.2 Å². The summed E-state index contributed by atoms with van der Waals surface area (Å²) in [6.07, 6.45) is 3.43. The van der Waals surface area contributed by atoms with E-state index in [-0.39, 0.29) is 5.75 Å². The van der Waals surface area contributed by atoms with Crippen LogP contribution in [-0.4, -0.2) is 14.5 Å². The second-order valence-electron chi connectivity index (χ2n) is 4.40. The molecule has 6 heteroatoms. The van der Waals surface area contributed by atoms with E-state index in [2.05, 4.69) is 14.7 Å². The molecule has 4 nitrogen and oxygen atoms in total. The molecule has 0 fully saturated rings. The lowest BCUT2D eigenvalue weighted by molar-refractivity contribution is 0.463. The Bertz CT molecular complexity index is 746. The summed E-state index contributed by atoms with van der Waals surface area (Å²) in [5, 5.41) is 12.9. The highest BCUT2D eigenvalue weighted by Crippen LogP contribution is 2.29. The van der Waals surface area contributed by atoms with E-state index in [1.165, 1.54) is 17.6 Å². The van der Waals surface area contributed by atoms with E-state index in [4.69, 9.17) is 0 Å². The zero-order valence-electron chi connectivity index (χ0n) is 11.0. The number of nitrogens with one attached hydrogen (secondary N) is 1. The van der Waals surface area contributed by atoms with Crippen molar-refractivity contribution in [2.45, 2.75) is 6.54 Å². The van der Waals surface area contributed by atoms with Crippen molar-refractivity contribution in [3.8, 4) is 16.2 Å². The van der Waals surface area contributed by atoms with Gasteiger partial charge in [0.1, 0.15) is 17.4 Å². The van der Waals surface area contributed by atoms with Crippen LogP contribution < -0.4 is 5.32 Å². The monoisotopic (exact) mass is 301 g/mol. The molecule has 106 valence electrons. The molecule has 0 amide bonds. The number of pyridine rings is 1. The van der Waals surface area contributed by atoms with Gasteiger partial charge in [-0.15, -0.1) is 0 Å². The molecular formula is C15H12FN3OS. The molecule has 0 aliphatic heterocycles. The lowest BCUT2D eigenvalue weighted by Gasteiger charge is -2.10. The molecule has 0 bridgehead atoms. The molecule has 1 aromatic carbocycles. The first-order valence-corrected chi connectivity index (χ1v) is 7.09. The molecule has 0 saturated carbocycles. The number of nitrogens with zero attached hydrogens (tertiary/aromatic N) is 2. The van der Waals surface area contributed by atoms with E-state index in [0.717, 1.165) is 16.5 Å². The summed E-state index contributed by atoms with van der Waals surface area (Å²) in [7, 11) is 0. The van der Waals surface area contributed by atoms with Crippen molar-refractivity contribution in [3.63, 3.8) is 0 Å². The molecule has 0 unspecified atom stereocenters. The topological polar surface area (TPSA) is 58.0 Å². The molecule has 0 saturated heterocycles. The van der Waals surface area contributed by atoms with Gasteiger partial charge in [-0.3, -0.25) is 0 Å². The predicted octanol–water partition coefficient (Wildman–Crippen LogP) is 3.66. The second-order valence-corrected chi connectivity index (χ2v) is 5.24. The van der Waals surface area contributed by atoms with Gasteiger partial charge in [0.25, 0.3) is 0 Å². The molecule has 2 aromatic heterocycles. The van der Waals surface area contributed by atoms with Gasteiger partial charge in [0.15, 0.2) is 0 Å². The summed E-state index contributed by atoms with van der Waals surface area (Å²) in [6.45, 7) is 0.356. The molecule has 0 radical (unpaired) electrons. The van der Waals surface area contributed by atoms with Crippen LogP contribution in [-0.2, 0) is 6.54 Å². The Hall–Kier alpha value is -2.47. The Kier molecular flexibility index (Phi) is 3.79. The van der Waals surface area contributed by atoms with Crippen LogP contribution in [0.3, 0.4) is 0 Å². The minimum atomic E-state index is -0.459. The fourth-order valence-electron chi connectivity index (χ4n) is 1.97. The maximum atomic E-state index is 13.0. The van der Waals surface area contributed by atoms with E-state index in [0.29, 0.717) is 17.9 Å². The van der Waals surface area contributed by atoms with Crippen molar-refractivity contribution < 1.29 is 9.50 Å². The third-order valence-corrected chi connectivity index (χ3v) is 3.78. The second kappa shape index (κ2) is 5.88. The molecule has 2 N–H and O–H groups in total. The number of aromatic nitrogens is 2. The lowest BCUT2D eigenvalue weighted by Crippen LogP contribution is -2.03. The summed E-state index contributed by atoms with van der Waals surface area (Å²) in [5.41, 5.74) is 1.55. The average Bonchev–Trinajstić information content (AvgIpc) is 3.01. The number of hydrogen-bond acceptors (Lipinski definition) is 5. The van der Waals surface area contributed by atoms with Crippen LogP contribution in [0.2, 0.25) is 0 Å². The highest BCUT2D eigenvalue weighted by molar-refractivity contribution is 7.09. The maximum Gasteiger partial charge on any atom is 0.134 e. The van der Waals surface area contributed by atoms with Crippen LogP contribution in [0.15, 0.2) is 48.8 Å². The third kappa shape index (κ3) is 3.00. The summed E-state index contributed by atoms with van der Waals surface area (Å²) in [5.74, 6) is 0.169. The fraction of sp³-hybridized carbons (Fsp3) is 0.0667. The van der Waals surface area contributed by atoms with Gasteiger partial charge in [0.2, 0.25) is 0 Å². The van der Waals surface area contributed by atoms with E-state index >= 15 is 0 Å². The van der Waals surface area contributed by atoms with Crippen LogP contribution in [0.25, 0.3) is 10.4 Å². The number of phenolic OH excluding ortho intramolecular Hbond substituents is 1. The molecule has 2 heterocycles. The number of hydrogen-bond donors (Lipinski definition) is 2. The first-order chi connectivity index (χ1) is 10.2. The predicted molar refractivity (Wildman–Crippen MR) is 80.7 cm³/mol. The largest absolute Gasteiger partial charge is 0.507 e. The molecule has 3 rings (SSSR count). The molecule has 0 aliphatic rings. The summed E-state index contributed by atoms with van der Waals surface area (Å²) in [6, 6.07) is 9.69.